The van der Waals surface area contributed by atoms with Gasteiger partial charge in [-0.3, -0.25) is 0 Å². The van der Waals surface area contributed by atoms with Crippen LogP contribution in [0.15, 0.2) is 23.9 Å². The second-order valence-corrected chi connectivity index (χ2v) is 2.07. The van der Waals surface area contributed by atoms with E-state index in [1.807, 2.05) is 12.2 Å². The molecule has 0 saturated carbocycles. The molecule has 0 saturated heterocycles. The van der Waals surface area contributed by atoms with E-state index in [0.717, 1.165) is 12.7 Å². The summed E-state index contributed by atoms with van der Waals surface area (Å²) in [4.78, 5) is 10.2. The molecule has 0 heterocycles. The molecule has 1 atom stereocenters. The molecule has 2 nitrogen and oxygen atoms in total. The highest BCUT2D eigenvalue weighted by Gasteiger charge is 2.09. The van der Waals surface area contributed by atoms with Crippen LogP contribution in [0.1, 0.15) is 6.42 Å². The van der Waals surface area contributed by atoms with Crippen molar-refractivity contribution in [3.05, 3.63) is 23.9 Å². The standard InChI is InChI=1S/C7H9NO/c8-7-4-2-1-3-6(7)5-9/h1-2,4-6H,3,8H2. The Balaban J connectivity index is 2.69. The molecule has 1 aliphatic rings. The van der Waals surface area contributed by atoms with Gasteiger partial charge in [0.2, 0.25) is 0 Å². The number of aldehydes is 1. The summed E-state index contributed by atoms with van der Waals surface area (Å²) in [5, 5.41) is 0. The molecule has 0 amide bonds. The van der Waals surface area contributed by atoms with Gasteiger partial charge in [0.15, 0.2) is 0 Å². The van der Waals surface area contributed by atoms with Gasteiger partial charge in [-0.15, -0.1) is 0 Å². The zero-order valence-corrected chi connectivity index (χ0v) is 5.08. The Labute approximate surface area is 54.0 Å². The molecule has 48 valence electrons. The van der Waals surface area contributed by atoms with E-state index in [4.69, 9.17) is 5.73 Å². The number of nitrogens with two attached hydrogens (primary N) is 1. The molecule has 0 bridgehead atoms. The normalized spacial score (nSPS) is 25.3. The highest BCUT2D eigenvalue weighted by Crippen LogP contribution is 2.12. The fourth-order valence-electron chi connectivity index (χ4n) is 0.798. The third-order valence-electron chi connectivity index (χ3n) is 1.41. The molecular formula is C7H9NO. The van der Waals surface area contributed by atoms with Crippen LogP contribution in [0.4, 0.5) is 0 Å². The molecular weight excluding hydrogens is 114 g/mol. The molecule has 0 aromatic rings. The monoisotopic (exact) mass is 123 g/mol. The predicted molar refractivity (Wildman–Crippen MR) is 35.6 cm³/mol. The smallest absolute Gasteiger partial charge is 0.129 e. The molecule has 1 unspecified atom stereocenters. The van der Waals surface area contributed by atoms with E-state index < -0.39 is 0 Å². The van der Waals surface area contributed by atoms with Gasteiger partial charge in [0.05, 0.1) is 5.92 Å². The zero-order chi connectivity index (χ0) is 6.69. The number of hydrogen-bond donors (Lipinski definition) is 1. The molecule has 0 aromatic heterocycles. The van der Waals surface area contributed by atoms with Crippen LogP contribution in [0.2, 0.25) is 0 Å². The molecule has 0 spiro atoms. The number of carbonyl (C=O) groups excluding carboxylic acids is 1. The van der Waals surface area contributed by atoms with Crippen LogP contribution in [0.25, 0.3) is 0 Å². The van der Waals surface area contributed by atoms with Crippen molar-refractivity contribution in [1.82, 2.24) is 0 Å². The first-order valence-electron chi connectivity index (χ1n) is 2.92. The van der Waals surface area contributed by atoms with Crippen LogP contribution in [0.3, 0.4) is 0 Å². The van der Waals surface area contributed by atoms with Crippen LogP contribution in [0, 0.1) is 5.92 Å². The third-order valence-corrected chi connectivity index (χ3v) is 1.41. The minimum absolute atomic E-state index is 0.0741. The van der Waals surface area contributed by atoms with Crippen LogP contribution in [-0.2, 0) is 4.79 Å². The van der Waals surface area contributed by atoms with Crippen LogP contribution >= 0.6 is 0 Å². The Morgan fingerprint density at radius 3 is 3.00 bits per heavy atom. The molecule has 0 aromatic carbocycles. The summed E-state index contributed by atoms with van der Waals surface area (Å²) in [5.41, 5.74) is 6.14. The summed E-state index contributed by atoms with van der Waals surface area (Å²) >= 11 is 0. The summed E-state index contributed by atoms with van der Waals surface area (Å²) in [6.45, 7) is 0. The quantitative estimate of drug-likeness (QED) is 0.519. The van der Waals surface area contributed by atoms with Gasteiger partial charge in [-0.25, -0.2) is 0 Å². The van der Waals surface area contributed by atoms with Gasteiger partial charge in [-0.2, -0.15) is 0 Å². The van der Waals surface area contributed by atoms with Crippen molar-refractivity contribution < 1.29 is 4.79 Å². The minimum Gasteiger partial charge on any atom is -0.401 e. The summed E-state index contributed by atoms with van der Waals surface area (Å²) in [7, 11) is 0. The van der Waals surface area contributed by atoms with Gasteiger partial charge >= 0.3 is 0 Å². The van der Waals surface area contributed by atoms with E-state index in [0.29, 0.717) is 5.70 Å². The molecule has 0 fully saturated rings. The largest absolute Gasteiger partial charge is 0.401 e. The van der Waals surface area contributed by atoms with Gasteiger partial charge in [0, 0.05) is 5.70 Å². The van der Waals surface area contributed by atoms with Crippen LogP contribution < -0.4 is 5.73 Å². The van der Waals surface area contributed by atoms with Crippen molar-refractivity contribution >= 4 is 6.29 Å². The lowest BCUT2D eigenvalue weighted by molar-refractivity contribution is -0.110. The summed E-state index contributed by atoms with van der Waals surface area (Å²) < 4.78 is 0. The van der Waals surface area contributed by atoms with E-state index in [9.17, 15) is 4.79 Å². The Hall–Kier alpha value is -1.05. The van der Waals surface area contributed by atoms with E-state index >= 15 is 0 Å². The predicted octanol–water partition coefficient (Wildman–Crippen LogP) is 0.604. The summed E-state index contributed by atoms with van der Waals surface area (Å²) in [6.07, 6.45) is 7.22. The molecule has 2 N–H and O–H groups in total. The molecule has 1 rings (SSSR count). The molecule has 2 heteroatoms. The van der Waals surface area contributed by atoms with Crippen LogP contribution in [0.5, 0.6) is 0 Å². The zero-order valence-electron chi connectivity index (χ0n) is 5.08. The summed E-state index contributed by atoms with van der Waals surface area (Å²) in [6, 6.07) is 0. The lowest BCUT2D eigenvalue weighted by atomic mass is 9.99. The summed E-state index contributed by atoms with van der Waals surface area (Å²) in [5.74, 6) is -0.0741. The second-order valence-electron chi connectivity index (χ2n) is 2.07. The Morgan fingerprint density at radius 2 is 2.56 bits per heavy atom. The van der Waals surface area contributed by atoms with Gasteiger partial charge < -0.3 is 10.5 Å². The molecule has 0 radical (unpaired) electrons. The van der Waals surface area contributed by atoms with Gasteiger partial charge in [0.1, 0.15) is 6.29 Å². The van der Waals surface area contributed by atoms with Gasteiger partial charge in [-0.1, -0.05) is 12.2 Å². The lowest BCUT2D eigenvalue weighted by Gasteiger charge is -2.09. The third kappa shape index (κ3) is 1.19. The maximum absolute atomic E-state index is 10.2. The first-order valence-corrected chi connectivity index (χ1v) is 2.92. The number of carbonyl (C=O) groups is 1. The van der Waals surface area contributed by atoms with E-state index in [1.165, 1.54) is 0 Å². The number of hydrogen-bond acceptors (Lipinski definition) is 2. The first kappa shape index (κ1) is 6.08. The Bertz CT molecular complexity index is 170. The fourth-order valence-corrected chi connectivity index (χ4v) is 0.798. The van der Waals surface area contributed by atoms with Crippen molar-refractivity contribution in [3.63, 3.8) is 0 Å². The molecule has 9 heavy (non-hydrogen) atoms. The topological polar surface area (TPSA) is 43.1 Å². The van der Waals surface area contributed by atoms with E-state index in [-0.39, 0.29) is 5.92 Å². The van der Waals surface area contributed by atoms with Gasteiger partial charge in [0.25, 0.3) is 0 Å². The average molecular weight is 123 g/mol. The van der Waals surface area contributed by atoms with Crippen LogP contribution in [-0.4, -0.2) is 6.29 Å². The van der Waals surface area contributed by atoms with Crippen molar-refractivity contribution in [2.24, 2.45) is 11.7 Å². The lowest BCUT2D eigenvalue weighted by Crippen LogP contribution is -2.14. The maximum atomic E-state index is 10.2. The van der Waals surface area contributed by atoms with E-state index in [2.05, 4.69) is 0 Å². The van der Waals surface area contributed by atoms with Crippen molar-refractivity contribution in [2.45, 2.75) is 6.42 Å². The Morgan fingerprint density at radius 1 is 1.78 bits per heavy atom. The fraction of sp³-hybridized carbons (Fsp3) is 0.286. The van der Waals surface area contributed by atoms with Crippen molar-refractivity contribution in [3.8, 4) is 0 Å². The van der Waals surface area contributed by atoms with Crippen molar-refractivity contribution in [2.75, 3.05) is 0 Å². The number of rotatable bonds is 1. The highest BCUT2D eigenvalue weighted by molar-refractivity contribution is 5.59. The average Bonchev–Trinajstić information content (AvgIpc) is 1.89. The van der Waals surface area contributed by atoms with Crippen molar-refractivity contribution in [1.29, 1.82) is 0 Å². The first-order chi connectivity index (χ1) is 4.34. The SMILES string of the molecule is NC1=CC=CCC1C=O. The molecule has 0 aliphatic heterocycles. The van der Waals surface area contributed by atoms with E-state index in [1.54, 1.807) is 6.08 Å². The second kappa shape index (κ2) is 2.49. The minimum atomic E-state index is -0.0741. The van der Waals surface area contributed by atoms with Gasteiger partial charge in [-0.05, 0) is 12.5 Å². The molecule has 1 aliphatic carbocycles. The highest BCUT2D eigenvalue weighted by atomic mass is 16.1. The maximum Gasteiger partial charge on any atom is 0.129 e. The number of allylic oxidation sites excluding steroid dienone is 4. The Kier molecular flexibility index (Phi) is 1.68.